The van der Waals surface area contributed by atoms with Crippen molar-refractivity contribution in [1.82, 2.24) is 9.97 Å². The molecule has 1 heterocycles. The van der Waals surface area contributed by atoms with Crippen LogP contribution in [0.3, 0.4) is 0 Å². The molecular weight excluding hydrogens is 256 g/mol. The standard InChI is InChI=1S/C11H15BrN2O/c1-8-13-10(12)7-11(14-8)15-6-5-9-3-2-4-9/h7,9H,2-6H2,1H3. The predicted octanol–water partition coefficient (Wildman–Crippen LogP) is 3.12. The summed E-state index contributed by atoms with van der Waals surface area (Å²) in [4.78, 5) is 8.34. The Bertz CT molecular complexity index is 319. The van der Waals surface area contributed by atoms with Crippen LogP contribution in [0.4, 0.5) is 0 Å². The van der Waals surface area contributed by atoms with E-state index in [4.69, 9.17) is 4.74 Å². The summed E-state index contributed by atoms with van der Waals surface area (Å²) in [7, 11) is 0. The van der Waals surface area contributed by atoms with E-state index >= 15 is 0 Å². The predicted molar refractivity (Wildman–Crippen MR) is 61.9 cm³/mol. The van der Waals surface area contributed by atoms with Gasteiger partial charge in [0.25, 0.3) is 0 Å². The van der Waals surface area contributed by atoms with Crippen LogP contribution in [-0.2, 0) is 0 Å². The van der Waals surface area contributed by atoms with Gasteiger partial charge < -0.3 is 4.74 Å². The maximum Gasteiger partial charge on any atom is 0.217 e. The first-order valence-corrected chi connectivity index (χ1v) is 6.17. The molecular formula is C11H15BrN2O. The van der Waals surface area contributed by atoms with E-state index in [2.05, 4.69) is 25.9 Å². The first-order valence-electron chi connectivity index (χ1n) is 5.38. The van der Waals surface area contributed by atoms with E-state index < -0.39 is 0 Å². The highest BCUT2D eigenvalue weighted by Crippen LogP contribution is 2.29. The Morgan fingerprint density at radius 3 is 2.87 bits per heavy atom. The first-order chi connectivity index (χ1) is 7.24. The van der Waals surface area contributed by atoms with Crippen LogP contribution in [0.2, 0.25) is 0 Å². The Morgan fingerprint density at radius 2 is 2.27 bits per heavy atom. The zero-order chi connectivity index (χ0) is 10.7. The minimum atomic E-state index is 0.675. The monoisotopic (exact) mass is 270 g/mol. The van der Waals surface area contributed by atoms with E-state index in [0.29, 0.717) is 5.88 Å². The van der Waals surface area contributed by atoms with Crippen molar-refractivity contribution in [3.05, 3.63) is 16.5 Å². The van der Waals surface area contributed by atoms with Crippen LogP contribution >= 0.6 is 15.9 Å². The lowest BCUT2D eigenvalue weighted by Crippen LogP contribution is -2.14. The van der Waals surface area contributed by atoms with Crippen molar-refractivity contribution in [3.8, 4) is 5.88 Å². The van der Waals surface area contributed by atoms with Gasteiger partial charge in [-0.15, -0.1) is 0 Å². The number of rotatable bonds is 4. The summed E-state index contributed by atoms with van der Waals surface area (Å²) in [5.41, 5.74) is 0. The largest absolute Gasteiger partial charge is 0.478 e. The third kappa shape index (κ3) is 3.16. The summed E-state index contributed by atoms with van der Waals surface area (Å²) in [5, 5.41) is 0. The molecule has 0 aliphatic heterocycles. The van der Waals surface area contributed by atoms with Gasteiger partial charge in [-0.05, 0) is 35.2 Å². The summed E-state index contributed by atoms with van der Waals surface area (Å²) in [6, 6.07) is 1.81. The highest BCUT2D eigenvalue weighted by Gasteiger charge is 2.16. The van der Waals surface area contributed by atoms with Crippen LogP contribution in [-0.4, -0.2) is 16.6 Å². The summed E-state index contributed by atoms with van der Waals surface area (Å²) in [6.45, 7) is 2.64. The zero-order valence-electron chi connectivity index (χ0n) is 8.87. The van der Waals surface area contributed by atoms with Crippen LogP contribution in [0.25, 0.3) is 0 Å². The van der Waals surface area contributed by atoms with Crippen LogP contribution in [0, 0.1) is 12.8 Å². The molecule has 1 aromatic heterocycles. The number of nitrogens with zero attached hydrogens (tertiary/aromatic N) is 2. The van der Waals surface area contributed by atoms with Crippen molar-refractivity contribution in [1.29, 1.82) is 0 Å². The zero-order valence-corrected chi connectivity index (χ0v) is 10.5. The highest BCUT2D eigenvalue weighted by molar-refractivity contribution is 9.10. The molecule has 15 heavy (non-hydrogen) atoms. The third-order valence-electron chi connectivity index (χ3n) is 2.78. The Kier molecular flexibility index (Phi) is 3.57. The van der Waals surface area contributed by atoms with Gasteiger partial charge in [0.2, 0.25) is 5.88 Å². The molecule has 0 radical (unpaired) electrons. The molecule has 0 spiro atoms. The fourth-order valence-corrected chi connectivity index (χ4v) is 2.14. The second kappa shape index (κ2) is 4.92. The van der Waals surface area contributed by atoms with Gasteiger partial charge in [0.1, 0.15) is 10.4 Å². The fourth-order valence-electron chi connectivity index (χ4n) is 1.69. The smallest absolute Gasteiger partial charge is 0.217 e. The van der Waals surface area contributed by atoms with Gasteiger partial charge in [-0.1, -0.05) is 19.3 Å². The summed E-state index contributed by atoms with van der Waals surface area (Å²) in [6.07, 6.45) is 5.29. The van der Waals surface area contributed by atoms with Crippen molar-refractivity contribution in [2.75, 3.05) is 6.61 Å². The van der Waals surface area contributed by atoms with Crippen molar-refractivity contribution in [2.45, 2.75) is 32.6 Å². The molecule has 1 fully saturated rings. The molecule has 1 saturated carbocycles. The van der Waals surface area contributed by atoms with Gasteiger partial charge in [0.05, 0.1) is 6.61 Å². The summed E-state index contributed by atoms with van der Waals surface area (Å²) < 4.78 is 6.38. The Morgan fingerprint density at radius 1 is 1.47 bits per heavy atom. The number of aromatic nitrogens is 2. The molecule has 82 valence electrons. The SMILES string of the molecule is Cc1nc(Br)cc(OCCC2CCC2)n1. The van der Waals surface area contributed by atoms with Crippen molar-refractivity contribution < 1.29 is 4.74 Å². The van der Waals surface area contributed by atoms with Gasteiger partial charge in [-0.2, -0.15) is 4.98 Å². The molecule has 0 atom stereocenters. The molecule has 0 unspecified atom stereocenters. The second-order valence-corrected chi connectivity index (χ2v) is 4.82. The van der Waals surface area contributed by atoms with E-state index in [1.807, 2.05) is 13.0 Å². The fraction of sp³-hybridized carbons (Fsp3) is 0.636. The van der Waals surface area contributed by atoms with Gasteiger partial charge in [-0.25, -0.2) is 4.98 Å². The highest BCUT2D eigenvalue weighted by atomic mass is 79.9. The molecule has 1 aliphatic rings. The van der Waals surface area contributed by atoms with Crippen molar-refractivity contribution in [3.63, 3.8) is 0 Å². The van der Waals surface area contributed by atoms with Gasteiger partial charge >= 0.3 is 0 Å². The van der Waals surface area contributed by atoms with Crippen LogP contribution < -0.4 is 4.74 Å². The first kappa shape index (κ1) is 10.9. The minimum absolute atomic E-state index is 0.675. The van der Waals surface area contributed by atoms with E-state index in [1.165, 1.54) is 19.3 Å². The normalized spacial score (nSPS) is 16.1. The Balaban J connectivity index is 1.81. The molecule has 0 bridgehead atoms. The number of hydrogen-bond donors (Lipinski definition) is 0. The van der Waals surface area contributed by atoms with E-state index in [0.717, 1.165) is 29.4 Å². The molecule has 1 aliphatic carbocycles. The Labute approximate surface area is 98.4 Å². The molecule has 3 nitrogen and oxygen atoms in total. The summed E-state index contributed by atoms with van der Waals surface area (Å²) in [5.74, 6) is 2.30. The molecule has 0 saturated heterocycles. The lowest BCUT2D eigenvalue weighted by Gasteiger charge is -2.24. The second-order valence-electron chi connectivity index (χ2n) is 4.01. The minimum Gasteiger partial charge on any atom is -0.478 e. The van der Waals surface area contributed by atoms with Crippen LogP contribution in [0.1, 0.15) is 31.5 Å². The number of ether oxygens (including phenoxy) is 1. The molecule has 1 aromatic rings. The molecule has 2 rings (SSSR count). The third-order valence-corrected chi connectivity index (χ3v) is 3.19. The van der Waals surface area contributed by atoms with Gasteiger partial charge in [-0.3, -0.25) is 0 Å². The maximum atomic E-state index is 5.59. The molecule has 0 amide bonds. The maximum absolute atomic E-state index is 5.59. The van der Waals surface area contributed by atoms with Gasteiger partial charge in [0.15, 0.2) is 0 Å². The molecule has 0 N–H and O–H groups in total. The summed E-state index contributed by atoms with van der Waals surface area (Å²) >= 11 is 3.33. The molecule has 4 heteroatoms. The lowest BCUT2D eigenvalue weighted by atomic mass is 9.83. The number of aryl methyl sites for hydroxylation is 1. The number of halogens is 1. The van der Waals surface area contributed by atoms with Crippen LogP contribution in [0.5, 0.6) is 5.88 Å². The van der Waals surface area contributed by atoms with E-state index in [-0.39, 0.29) is 0 Å². The average molecular weight is 271 g/mol. The Hall–Kier alpha value is -0.640. The topological polar surface area (TPSA) is 35.0 Å². The lowest BCUT2D eigenvalue weighted by molar-refractivity contribution is 0.217. The van der Waals surface area contributed by atoms with E-state index in [1.54, 1.807) is 0 Å². The van der Waals surface area contributed by atoms with Gasteiger partial charge in [0, 0.05) is 6.07 Å². The molecule has 0 aromatic carbocycles. The van der Waals surface area contributed by atoms with E-state index in [9.17, 15) is 0 Å². The van der Waals surface area contributed by atoms with Crippen molar-refractivity contribution >= 4 is 15.9 Å². The number of hydrogen-bond acceptors (Lipinski definition) is 3. The van der Waals surface area contributed by atoms with Crippen LogP contribution in [0.15, 0.2) is 10.7 Å². The van der Waals surface area contributed by atoms with Crippen molar-refractivity contribution in [2.24, 2.45) is 5.92 Å². The quantitative estimate of drug-likeness (QED) is 0.789. The average Bonchev–Trinajstić information content (AvgIpc) is 2.07.